The molecule has 3 aliphatic heterocycles. The number of hydrogen-bond acceptors (Lipinski definition) is 7. The van der Waals surface area contributed by atoms with E-state index < -0.39 is 26.5 Å². The lowest BCUT2D eigenvalue weighted by atomic mass is 10.0. The molecule has 0 spiro atoms. The number of benzene rings is 3. The molecule has 6 rings (SSSR count). The van der Waals surface area contributed by atoms with Crippen molar-refractivity contribution < 1.29 is 32.8 Å². The first-order valence-corrected chi connectivity index (χ1v) is 35.8. The number of amides is 3. The van der Waals surface area contributed by atoms with Crippen LogP contribution in [0.3, 0.4) is 0 Å². The highest BCUT2D eigenvalue weighted by atomic mass is 31.2. The van der Waals surface area contributed by atoms with E-state index in [0.717, 1.165) is 77.0 Å². The highest BCUT2D eigenvalue weighted by Gasteiger charge is 2.57. The quantitative estimate of drug-likeness (QED) is 0.0443. The third-order valence-corrected chi connectivity index (χ3v) is 19.5. The molecule has 3 aromatic carbocycles. The van der Waals surface area contributed by atoms with Crippen LogP contribution in [0.15, 0.2) is 72.8 Å². The van der Waals surface area contributed by atoms with Crippen molar-refractivity contribution in [1.82, 2.24) is 14.7 Å². The van der Waals surface area contributed by atoms with E-state index in [1.807, 2.05) is 14.7 Å². The van der Waals surface area contributed by atoms with E-state index >= 15 is 0 Å². The van der Waals surface area contributed by atoms with Gasteiger partial charge in [0.15, 0.2) is 0 Å². The molecule has 1 N–H and O–H groups in total. The maximum Gasteiger partial charge on any atom is 0.573 e. The second kappa shape index (κ2) is 40.7. The molecular weight excluding hydrogens is 1050 g/mol. The third-order valence-electron chi connectivity index (χ3n) is 17.8. The zero-order valence-corrected chi connectivity index (χ0v) is 53.6. The summed E-state index contributed by atoms with van der Waals surface area (Å²) < 4.78 is 18.8. The van der Waals surface area contributed by atoms with Crippen molar-refractivity contribution in [2.24, 2.45) is 0 Å². The minimum Gasteiger partial charge on any atom is -0.337 e. The molecule has 0 unspecified atom stereocenters. The van der Waals surface area contributed by atoms with E-state index in [4.69, 9.17) is 13.6 Å². The molecule has 0 bridgehead atoms. The fraction of sp³-hybridized carbons (Fsp3) is 0.708. The summed E-state index contributed by atoms with van der Waals surface area (Å²) in [6.45, 7) is 9.11. The van der Waals surface area contributed by atoms with E-state index in [1.165, 1.54) is 187 Å². The van der Waals surface area contributed by atoms with E-state index in [-0.39, 0.29) is 17.7 Å². The molecule has 10 nitrogen and oxygen atoms in total. The van der Waals surface area contributed by atoms with Gasteiger partial charge in [0, 0.05) is 19.3 Å². The number of rotatable bonds is 48. The van der Waals surface area contributed by atoms with E-state index in [1.54, 1.807) is 0 Å². The minimum absolute atomic E-state index is 0.123. The van der Waals surface area contributed by atoms with Crippen molar-refractivity contribution in [1.29, 1.82) is 0 Å². The standard InChI is InChI=1S/C72H115N3O7P/c1-4-7-10-25-34-61-43-49-64(50-44-61)37-28-19-13-16-22-31-40-70(76)73-55-67(56-73)80-83(79,81-68-57-74(58-68)71(77)41-32-23-17-14-20-29-38-65-51-45-62(46-52-65)35-26-11-8-5-2)82-69-59-75(60-69)72(78)42-33-24-18-15-21-30-39-66-53-47-63(48-54-66)36-27-12-9-6-3/h43-54,67-69,79H,4-42,55-60H2,1-3H3/q+1. The Balaban J connectivity index is 0.833. The van der Waals surface area contributed by atoms with Gasteiger partial charge in [-0.3, -0.25) is 14.4 Å². The lowest BCUT2D eigenvalue weighted by molar-refractivity contribution is -0.149. The molecule has 3 amide bonds. The Kier molecular flexibility index (Phi) is 33.5. The Morgan fingerprint density at radius 2 is 0.506 bits per heavy atom. The van der Waals surface area contributed by atoms with Crippen molar-refractivity contribution in [3.8, 4) is 0 Å². The highest BCUT2D eigenvalue weighted by molar-refractivity contribution is 7.55. The summed E-state index contributed by atoms with van der Waals surface area (Å²) in [6, 6.07) is 27.8. The van der Waals surface area contributed by atoms with Crippen LogP contribution >= 0.6 is 8.17 Å². The van der Waals surface area contributed by atoms with Crippen molar-refractivity contribution in [3.63, 3.8) is 0 Å². The Hall–Kier alpha value is -3.66. The summed E-state index contributed by atoms with van der Waals surface area (Å²) in [6.07, 6.45) is 43.0. The number of hydrogen-bond donors (Lipinski definition) is 1. The largest absolute Gasteiger partial charge is 0.573 e. The van der Waals surface area contributed by atoms with Crippen LogP contribution in [0.1, 0.15) is 266 Å². The van der Waals surface area contributed by atoms with Crippen LogP contribution in [-0.2, 0) is 66.5 Å². The number of aryl methyl sites for hydroxylation is 6. The molecule has 3 fully saturated rings. The van der Waals surface area contributed by atoms with Crippen LogP contribution in [0.4, 0.5) is 0 Å². The van der Waals surface area contributed by atoms with Gasteiger partial charge in [0.2, 0.25) is 17.7 Å². The van der Waals surface area contributed by atoms with Gasteiger partial charge < -0.3 is 14.7 Å². The van der Waals surface area contributed by atoms with Gasteiger partial charge >= 0.3 is 8.17 Å². The van der Waals surface area contributed by atoms with Crippen LogP contribution in [0.2, 0.25) is 0 Å². The molecule has 0 aliphatic carbocycles. The predicted octanol–water partition coefficient (Wildman–Crippen LogP) is 17.6. The van der Waals surface area contributed by atoms with Crippen LogP contribution in [0.5, 0.6) is 0 Å². The monoisotopic (exact) mass is 1160 g/mol. The molecule has 0 radical (unpaired) electrons. The van der Waals surface area contributed by atoms with Crippen LogP contribution in [0, 0.1) is 0 Å². The topological polar surface area (TPSA) is 109 Å². The SMILES string of the molecule is CCCCCCc1ccc(CCCCCCCCC(=O)N2CC(O[P+](O)(OC3CN(C(=O)CCCCCCCCc4ccc(CCCCCC)cc4)C3)OC3CN(C(=O)CCCCCCCCc4ccc(CCCCCC)cc4)C3)C2)cc1. The van der Waals surface area contributed by atoms with Gasteiger partial charge in [0.25, 0.3) is 0 Å². The van der Waals surface area contributed by atoms with Gasteiger partial charge in [-0.25, -0.2) is 0 Å². The third kappa shape index (κ3) is 27.7. The van der Waals surface area contributed by atoms with Gasteiger partial charge in [0.05, 0.1) is 39.3 Å². The summed E-state index contributed by atoms with van der Waals surface area (Å²) in [4.78, 5) is 56.9. The second-order valence-corrected chi connectivity index (χ2v) is 26.9. The first kappa shape index (κ1) is 68.5. The summed E-state index contributed by atoms with van der Waals surface area (Å²) >= 11 is 0. The number of carbonyl (C=O) groups excluding carboxylic acids is 3. The van der Waals surface area contributed by atoms with Crippen LogP contribution in [0.25, 0.3) is 0 Å². The van der Waals surface area contributed by atoms with Crippen LogP contribution in [-0.4, -0.2) is 94.9 Å². The average molecular weight is 1170 g/mol. The average Bonchev–Trinajstić information content (AvgIpc) is 3.61. The molecule has 3 saturated heterocycles. The molecule has 83 heavy (non-hydrogen) atoms. The van der Waals surface area contributed by atoms with Crippen molar-refractivity contribution in [2.45, 2.75) is 289 Å². The van der Waals surface area contributed by atoms with Gasteiger partial charge in [-0.05, 0) is 130 Å². The van der Waals surface area contributed by atoms with Gasteiger partial charge in [0.1, 0.15) is 18.3 Å². The smallest absolute Gasteiger partial charge is 0.337 e. The van der Waals surface area contributed by atoms with Crippen molar-refractivity contribution in [2.75, 3.05) is 39.3 Å². The molecular formula is C72H115N3O7P+. The number of unbranched alkanes of at least 4 members (excludes halogenated alkanes) is 24. The maximum atomic E-state index is 13.2. The molecule has 3 aromatic rings. The fourth-order valence-electron chi connectivity index (χ4n) is 12.1. The van der Waals surface area contributed by atoms with E-state index in [2.05, 4.69) is 93.6 Å². The normalized spacial score (nSPS) is 15.0. The Bertz CT molecular complexity index is 1940. The number of likely N-dealkylation sites (tertiary alicyclic amines) is 3. The summed E-state index contributed by atoms with van der Waals surface area (Å²) in [5.41, 5.74) is 8.67. The molecule has 3 aliphatic rings. The van der Waals surface area contributed by atoms with Gasteiger partial charge in [-0.2, -0.15) is 4.89 Å². The van der Waals surface area contributed by atoms with Crippen molar-refractivity contribution in [3.05, 3.63) is 106 Å². The maximum absolute atomic E-state index is 13.2. The van der Waals surface area contributed by atoms with E-state index in [9.17, 15) is 19.3 Å². The Labute approximate surface area is 506 Å². The number of nitrogens with zero attached hydrogens (tertiary/aromatic N) is 3. The van der Waals surface area contributed by atoms with Crippen molar-refractivity contribution >= 4 is 25.9 Å². The zero-order valence-electron chi connectivity index (χ0n) is 52.7. The molecule has 0 aromatic heterocycles. The van der Waals surface area contributed by atoms with Gasteiger partial charge in [-0.1, -0.05) is 228 Å². The molecule has 3 heterocycles. The summed E-state index contributed by atoms with van der Waals surface area (Å²) in [5, 5.41) is 0. The molecule has 0 atom stereocenters. The second-order valence-electron chi connectivity index (χ2n) is 25.3. The lowest BCUT2D eigenvalue weighted by Gasteiger charge is -2.42. The fourth-order valence-corrected chi connectivity index (χ4v) is 13.7. The predicted molar refractivity (Wildman–Crippen MR) is 344 cm³/mol. The number of carbonyl (C=O) groups is 3. The first-order valence-electron chi connectivity index (χ1n) is 34.4. The molecule has 11 heteroatoms. The first-order chi connectivity index (χ1) is 40.6. The zero-order chi connectivity index (χ0) is 58.6. The Morgan fingerprint density at radius 1 is 0.325 bits per heavy atom. The summed E-state index contributed by atoms with van der Waals surface area (Å²) in [5.74, 6) is 0.369. The Morgan fingerprint density at radius 3 is 0.711 bits per heavy atom. The molecule has 464 valence electrons. The lowest BCUT2D eigenvalue weighted by Crippen LogP contribution is -2.58. The highest BCUT2D eigenvalue weighted by Crippen LogP contribution is 2.62. The van der Waals surface area contributed by atoms with Gasteiger partial charge in [-0.15, -0.1) is 13.6 Å². The molecule has 0 saturated carbocycles. The van der Waals surface area contributed by atoms with E-state index in [0.29, 0.717) is 58.5 Å². The van der Waals surface area contributed by atoms with Crippen LogP contribution < -0.4 is 0 Å². The summed E-state index contributed by atoms with van der Waals surface area (Å²) in [7, 11) is -3.82. The minimum atomic E-state index is -3.82.